The van der Waals surface area contributed by atoms with Crippen LogP contribution in [-0.4, -0.2) is 45.7 Å². The molecule has 0 bridgehead atoms. The Kier molecular flexibility index (Phi) is 4.79. The molecule has 1 N–H and O–H groups in total. The number of anilines is 1. The molecule has 0 radical (unpaired) electrons. The van der Waals surface area contributed by atoms with E-state index in [4.69, 9.17) is 11.6 Å². The largest absolute Gasteiger partial charge is 0.391 e. The zero-order chi connectivity index (χ0) is 16.2. The van der Waals surface area contributed by atoms with Crippen LogP contribution >= 0.6 is 11.6 Å². The van der Waals surface area contributed by atoms with Crippen LogP contribution in [0.4, 0.5) is 10.1 Å². The van der Waals surface area contributed by atoms with E-state index in [2.05, 4.69) is 26.8 Å². The van der Waals surface area contributed by atoms with Gasteiger partial charge in [0, 0.05) is 31.5 Å². The summed E-state index contributed by atoms with van der Waals surface area (Å²) < 4.78 is 13.8. The number of halogens is 2. The van der Waals surface area contributed by atoms with E-state index >= 15 is 0 Å². The molecule has 120 valence electrons. The van der Waals surface area contributed by atoms with Gasteiger partial charge in [-0.05, 0) is 6.42 Å². The third-order valence-corrected chi connectivity index (χ3v) is 3.85. The molecule has 23 heavy (non-hydrogen) atoms. The predicted molar refractivity (Wildman–Crippen MR) is 86.3 cm³/mol. The maximum Gasteiger partial charge on any atom is 0.131 e. The number of nitrogens with zero attached hydrogens (tertiary/aromatic N) is 4. The Morgan fingerprint density at radius 2 is 2.26 bits per heavy atom. The summed E-state index contributed by atoms with van der Waals surface area (Å²) in [5, 5.41) is 14.1. The molecule has 5 nitrogen and oxygen atoms in total. The molecule has 1 aliphatic heterocycles. The summed E-state index contributed by atoms with van der Waals surface area (Å²) in [6.45, 7) is 1.08. The SMILES string of the molecule is O[C@@H]1CCN(c2cc(Cl)ncc2C#Cc2cnn(CCF)c2)C1. The number of rotatable bonds is 3. The average Bonchev–Trinajstić information content (AvgIpc) is 3.15. The zero-order valence-corrected chi connectivity index (χ0v) is 13.2. The molecule has 0 amide bonds. The first kappa shape index (κ1) is 15.8. The average molecular weight is 335 g/mol. The number of aliphatic hydroxyl groups excluding tert-OH is 1. The molecule has 3 rings (SSSR count). The third kappa shape index (κ3) is 3.81. The topological polar surface area (TPSA) is 54.2 Å². The summed E-state index contributed by atoms with van der Waals surface area (Å²) in [4.78, 5) is 6.13. The Morgan fingerprint density at radius 3 is 3.00 bits per heavy atom. The van der Waals surface area contributed by atoms with E-state index in [1.165, 1.54) is 4.68 Å². The maximum atomic E-state index is 12.3. The van der Waals surface area contributed by atoms with Crippen molar-refractivity contribution in [3.05, 3.63) is 40.9 Å². The van der Waals surface area contributed by atoms with Crippen molar-refractivity contribution < 1.29 is 9.50 Å². The Labute approximate surface area is 138 Å². The summed E-state index contributed by atoms with van der Waals surface area (Å²) in [5.41, 5.74) is 2.31. The van der Waals surface area contributed by atoms with Crippen LogP contribution in [0, 0.1) is 11.8 Å². The molecule has 1 aliphatic rings. The van der Waals surface area contributed by atoms with E-state index in [9.17, 15) is 9.50 Å². The summed E-state index contributed by atoms with van der Waals surface area (Å²) in [7, 11) is 0. The van der Waals surface area contributed by atoms with Gasteiger partial charge in [0.05, 0.1) is 35.7 Å². The Hall–Kier alpha value is -2.10. The van der Waals surface area contributed by atoms with Gasteiger partial charge in [-0.15, -0.1) is 0 Å². The highest BCUT2D eigenvalue weighted by atomic mass is 35.5. The fraction of sp³-hybridized carbons (Fsp3) is 0.375. The van der Waals surface area contributed by atoms with Gasteiger partial charge in [-0.3, -0.25) is 4.68 Å². The normalized spacial score (nSPS) is 17.2. The second-order valence-corrected chi connectivity index (χ2v) is 5.73. The molecule has 0 aliphatic carbocycles. The summed E-state index contributed by atoms with van der Waals surface area (Å²) in [6, 6.07) is 1.76. The van der Waals surface area contributed by atoms with E-state index < -0.39 is 6.67 Å². The fourth-order valence-corrected chi connectivity index (χ4v) is 2.67. The minimum atomic E-state index is -0.461. The van der Waals surface area contributed by atoms with Gasteiger partial charge < -0.3 is 10.0 Å². The first-order valence-electron chi connectivity index (χ1n) is 7.34. The number of aliphatic hydroxyl groups is 1. The van der Waals surface area contributed by atoms with Crippen molar-refractivity contribution in [3.8, 4) is 11.8 Å². The molecule has 0 spiro atoms. The van der Waals surface area contributed by atoms with Gasteiger partial charge in [0.1, 0.15) is 11.8 Å². The van der Waals surface area contributed by atoms with Crippen LogP contribution in [0.3, 0.4) is 0 Å². The summed E-state index contributed by atoms with van der Waals surface area (Å²) in [5.74, 6) is 6.07. The molecule has 1 saturated heterocycles. The van der Waals surface area contributed by atoms with E-state index in [1.54, 1.807) is 24.7 Å². The van der Waals surface area contributed by atoms with Gasteiger partial charge in [-0.1, -0.05) is 23.4 Å². The fourth-order valence-electron chi connectivity index (χ4n) is 2.52. The Balaban J connectivity index is 1.86. The van der Waals surface area contributed by atoms with E-state index in [1.807, 2.05) is 0 Å². The van der Waals surface area contributed by atoms with E-state index in [0.29, 0.717) is 17.3 Å². The lowest BCUT2D eigenvalue weighted by atomic mass is 10.2. The van der Waals surface area contributed by atoms with Crippen molar-refractivity contribution in [2.24, 2.45) is 0 Å². The van der Waals surface area contributed by atoms with Crippen LogP contribution in [0.1, 0.15) is 17.5 Å². The second kappa shape index (κ2) is 6.99. The molecular formula is C16H16ClFN4O. The molecular weight excluding hydrogens is 319 g/mol. The van der Waals surface area contributed by atoms with Crippen molar-refractivity contribution >= 4 is 17.3 Å². The van der Waals surface area contributed by atoms with Gasteiger partial charge in [-0.2, -0.15) is 5.10 Å². The smallest absolute Gasteiger partial charge is 0.131 e. The third-order valence-electron chi connectivity index (χ3n) is 3.64. The highest BCUT2D eigenvalue weighted by Gasteiger charge is 2.22. The van der Waals surface area contributed by atoms with Crippen LogP contribution in [0.2, 0.25) is 5.15 Å². The van der Waals surface area contributed by atoms with Crippen molar-refractivity contribution in [2.75, 3.05) is 24.7 Å². The molecule has 0 unspecified atom stereocenters. The molecule has 1 fully saturated rings. The minimum absolute atomic E-state index is 0.223. The summed E-state index contributed by atoms with van der Waals surface area (Å²) in [6.07, 6.45) is 5.33. The standard InChI is InChI=1S/C16H16ClFN4O/c17-16-7-15(21-5-3-14(23)11-21)13(9-19-16)2-1-12-8-20-22(10-12)6-4-18/h7-10,14,23H,3-6,11H2/t14-/m1/s1. The van der Waals surface area contributed by atoms with Crippen LogP contribution in [0.25, 0.3) is 0 Å². The van der Waals surface area contributed by atoms with E-state index in [0.717, 1.165) is 24.2 Å². The van der Waals surface area contributed by atoms with Gasteiger partial charge in [0.2, 0.25) is 0 Å². The number of aromatic nitrogens is 3. The second-order valence-electron chi connectivity index (χ2n) is 5.34. The van der Waals surface area contributed by atoms with E-state index in [-0.39, 0.29) is 12.6 Å². The number of alkyl halides is 1. The molecule has 2 aromatic heterocycles. The lowest BCUT2D eigenvalue weighted by Gasteiger charge is -2.19. The number of pyridine rings is 1. The Bertz CT molecular complexity index is 752. The zero-order valence-electron chi connectivity index (χ0n) is 12.4. The molecule has 2 aromatic rings. The molecule has 0 saturated carbocycles. The first-order chi connectivity index (χ1) is 11.2. The number of β-amino-alcohol motifs (C(OH)–C–C–N with tert-alkyl or cyclic N) is 1. The van der Waals surface area contributed by atoms with Crippen molar-refractivity contribution in [2.45, 2.75) is 19.1 Å². The summed E-state index contributed by atoms with van der Waals surface area (Å²) >= 11 is 5.99. The molecule has 3 heterocycles. The number of aryl methyl sites for hydroxylation is 1. The monoisotopic (exact) mass is 334 g/mol. The van der Waals surface area contributed by atoms with Crippen LogP contribution in [-0.2, 0) is 6.54 Å². The molecule has 1 atom stereocenters. The van der Waals surface area contributed by atoms with Crippen molar-refractivity contribution in [3.63, 3.8) is 0 Å². The number of hydrogen-bond acceptors (Lipinski definition) is 4. The quantitative estimate of drug-likeness (QED) is 0.688. The first-order valence-corrected chi connectivity index (χ1v) is 7.72. The predicted octanol–water partition coefficient (Wildman–Crippen LogP) is 1.87. The van der Waals surface area contributed by atoms with Gasteiger partial charge >= 0.3 is 0 Å². The lowest BCUT2D eigenvalue weighted by molar-refractivity contribution is 0.198. The van der Waals surface area contributed by atoms with Crippen LogP contribution in [0.15, 0.2) is 24.7 Å². The minimum Gasteiger partial charge on any atom is -0.391 e. The van der Waals surface area contributed by atoms with Crippen LogP contribution in [0.5, 0.6) is 0 Å². The highest BCUT2D eigenvalue weighted by molar-refractivity contribution is 6.29. The van der Waals surface area contributed by atoms with Gasteiger partial charge in [0.25, 0.3) is 0 Å². The maximum absolute atomic E-state index is 12.3. The number of hydrogen-bond donors (Lipinski definition) is 1. The van der Waals surface area contributed by atoms with Crippen LogP contribution < -0.4 is 4.90 Å². The highest BCUT2D eigenvalue weighted by Crippen LogP contribution is 2.26. The van der Waals surface area contributed by atoms with Crippen molar-refractivity contribution in [1.29, 1.82) is 0 Å². The molecule has 0 aromatic carbocycles. The lowest BCUT2D eigenvalue weighted by Crippen LogP contribution is -2.22. The van der Waals surface area contributed by atoms with Gasteiger partial charge in [-0.25, -0.2) is 9.37 Å². The molecule has 7 heteroatoms. The van der Waals surface area contributed by atoms with Crippen molar-refractivity contribution in [1.82, 2.24) is 14.8 Å². The Morgan fingerprint density at radius 1 is 1.39 bits per heavy atom. The van der Waals surface area contributed by atoms with Gasteiger partial charge in [0.15, 0.2) is 0 Å².